The Kier molecular flexibility index (Phi) is 6.60. The minimum atomic E-state index is -0.396. The predicted octanol–water partition coefficient (Wildman–Crippen LogP) is 2.62. The van der Waals surface area contributed by atoms with Crippen LogP contribution in [0, 0.1) is 17.7 Å². The molecule has 0 bridgehead atoms. The van der Waals surface area contributed by atoms with Gasteiger partial charge in [-0.15, -0.1) is 0 Å². The summed E-state index contributed by atoms with van der Waals surface area (Å²) in [6.45, 7) is 5.52. The molecule has 0 unspecified atom stereocenters. The molecule has 1 saturated carbocycles. The van der Waals surface area contributed by atoms with Crippen LogP contribution in [0.15, 0.2) is 30.4 Å². The Hall–Kier alpha value is -2.41. The number of nitrogens with one attached hydrogen (secondary N) is 2. The Morgan fingerprint density at radius 3 is 2.32 bits per heavy atom. The summed E-state index contributed by atoms with van der Waals surface area (Å²) >= 11 is 0. The molecule has 3 atom stereocenters. The Labute approximate surface area is 183 Å². The quantitative estimate of drug-likeness (QED) is 0.684. The highest BCUT2D eigenvalue weighted by atomic mass is 19.1. The van der Waals surface area contributed by atoms with Crippen LogP contribution in [-0.2, 0) is 9.59 Å². The van der Waals surface area contributed by atoms with Crippen molar-refractivity contribution in [2.24, 2.45) is 11.8 Å². The van der Waals surface area contributed by atoms with Crippen molar-refractivity contribution >= 4 is 17.5 Å². The molecule has 1 heterocycles. The lowest BCUT2D eigenvalue weighted by atomic mass is 9.81. The van der Waals surface area contributed by atoms with Crippen molar-refractivity contribution in [2.75, 3.05) is 38.1 Å². The zero-order chi connectivity index (χ0) is 22.0. The lowest BCUT2D eigenvalue weighted by Gasteiger charge is -2.36. The molecule has 31 heavy (non-hydrogen) atoms. The summed E-state index contributed by atoms with van der Waals surface area (Å²) in [6.07, 6.45) is 7.15. The number of rotatable bonds is 6. The summed E-state index contributed by atoms with van der Waals surface area (Å²) in [7, 11) is 2.10. The van der Waals surface area contributed by atoms with E-state index in [2.05, 4.69) is 27.5 Å². The molecular weight excluding hydrogens is 395 g/mol. The van der Waals surface area contributed by atoms with Gasteiger partial charge in [-0.1, -0.05) is 12.2 Å². The van der Waals surface area contributed by atoms with Crippen molar-refractivity contribution in [3.05, 3.63) is 41.7 Å². The van der Waals surface area contributed by atoms with Crippen molar-refractivity contribution < 1.29 is 14.0 Å². The maximum Gasteiger partial charge on any atom is 0.224 e. The van der Waals surface area contributed by atoms with E-state index in [1.54, 1.807) is 0 Å². The first-order chi connectivity index (χ1) is 14.9. The second kappa shape index (κ2) is 9.39. The molecule has 1 aromatic rings. The largest absolute Gasteiger partial charge is 0.369 e. The van der Waals surface area contributed by atoms with E-state index in [9.17, 15) is 14.0 Å². The fourth-order valence-corrected chi connectivity index (χ4v) is 4.54. The maximum absolute atomic E-state index is 14.1. The van der Waals surface area contributed by atoms with Crippen LogP contribution >= 0.6 is 0 Å². The van der Waals surface area contributed by atoms with Crippen molar-refractivity contribution in [1.82, 2.24) is 15.5 Å². The van der Waals surface area contributed by atoms with E-state index in [1.165, 1.54) is 12.1 Å². The van der Waals surface area contributed by atoms with Gasteiger partial charge < -0.3 is 20.4 Å². The molecule has 0 spiro atoms. The van der Waals surface area contributed by atoms with Crippen LogP contribution in [0.1, 0.15) is 44.2 Å². The first-order valence-corrected chi connectivity index (χ1v) is 11.4. The Bertz CT molecular complexity index is 846. The van der Waals surface area contributed by atoms with E-state index in [-0.39, 0.29) is 35.6 Å². The maximum atomic E-state index is 14.1. The zero-order valence-electron chi connectivity index (χ0n) is 18.4. The number of hydrogen-bond donors (Lipinski definition) is 2. The highest BCUT2D eigenvalue weighted by Gasteiger charge is 2.37. The number of carbonyl (C=O) groups is 2. The van der Waals surface area contributed by atoms with Crippen LogP contribution in [0.4, 0.5) is 10.1 Å². The van der Waals surface area contributed by atoms with E-state index >= 15 is 0 Å². The summed E-state index contributed by atoms with van der Waals surface area (Å²) in [5.74, 6) is -1.21. The monoisotopic (exact) mass is 428 g/mol. The number of nitrogens with zero attached hydrogens (tertiary/aromatic N) is 2. The van der Waals surface area contributed by atoms with Crippen molar-refractivity contribution in [3.63, 3.8) is 0 Å². The van der Waals surface area contributed by atoms with Gasteiger partial charge >= 0.3 is 0 Å². The molecule has 2 amide bonds. The molecule has 3 aliphatic rings. The fraction of sp³-hybridized carbons (Fsp3) is 0.583. The Morgan fingerprint density at radius 1 is 1.03 bits per heavy atom. The molecule has 2 N–H and O–H groups in total. The molecular formula is C24H33FN4O2. The van der Waals surface area contributed by atoms with Crippen LogP contribution in [0.2, 0.25) is 0 Å². The van der Waals surface area contributed by atoms with Crippen LogP contribution in [0.5, 0.6) is 0 Å². The minimum absolute atomic E-state index is 0.0245. The molecule has 4 rings (SSSR count). The second-order valence-electron chi connectivity index (χ2n) is 9.16. The van der Waals surface area contributed by atoms with Gasteiger partial charge in [-0.2, -0.15) is 0 Å². The molecule has 1 aliphatic heterocycles. The number of amides is 2. The summed E-state index contributed by atoms with van der Waals surface area (Å²) < 4.78 is 14.1. The van der Waals surface area contributed by atoms with Gasteiger partial charge in [0.15, 0.2) is 0 Å². The lowest BCUT2D eigenvalue weighted by Crippen LogP contribution is -2.46. The first kappa shape index (κ1) is 21.8. The molecule has 2 fully saturated rings. The first-order valence-electron chi connectivity index (χ1n) is 11.4. The van der Waals surface area contributed by atoms with Gasteiger partial charge in [0.2, 0.25) is 11.8 Å². The highest BCUT2D eigenvalue weighted by molar-refractivity contribution is 5.88. The van der Waals surface area contributed by atoms with Crippen molar-refractivity contribution in [3.8, 4) is 0 Å². The number of anilines is 1. The standard InChI is InChI=1S/C24H33FN4O2/c1-16(21-15-17(25)7-10-22(21)29-13-11-28(2)12-14-29)26-23(30)19-5-3-4-6-20(19)24(31)27-18-8-9-18/h3-4,7,10,15-16,18-20H,5-6,8-9,11-14H2,1-2H3,(H,26,30)(H,27,31)/t16-,19+,20+/m0/s1. The van der Waals surface area contributed by atoms with Crippen molar-refractivity contribution in [1.29, 1.82) is 0 Å². The van der Waals surface area contributed by atoms with Gasteiger partial charge in [0.1, 0.15) is 5.82 Å². The fourth-order valence-electron chi connectivity index (χ4n) is 4.54. The van der Waals surface area contributed by atoms with E-state index in [0.29, 0.717) is 12.8 Å². The smallest absolute Gasteiger partial charge is 0.224 e. The second-order valence-corrected chi connectivity index (χ2v) is 9.16. The summed E-state index contributed by atoms with van der Waals surface area (Å²) in [5, 5.41) is 6.12. The molecule has 1 saturated heterocycles. The van der Waals surface area contributed by atoms with Gasteiger partial charge in [0.05, 0.1) is 17.9 Å². The number of likely N-dealkylation sites (N-methyl/N-ethyl adjacent to an activating group) is 1. The summed E-state index contributed by atoms with van der Waals surface area (Å²) in [4.78, 5) is 30.4. The lowest BCUT2D eigenvalue weighted by molar-refractivity contribution is -0.135. The van der Waals surface area contributed by atoms with E-state index in [0.717, 1.165) is 50.3 Å². The predicted molar refractivity (Wildman–Crippen MR) is 119 cm³/mol. The molecule has 6 nitrogen and oxygen atoms in total. The molecule has 0 aromatic heterocycles. The van der Waals surface area contributed by atoms with Gasteiger partial charge in [-0.3, -0.25) is 9.59 Å². The average Bonchev–Trinajstić information content (AvgIpc) is 3.58. The third-order valence-electron chi connectivity index (χ3n) is 6.69. The van der Waals surface area contributed by atoms with Crippen molar-refractivity contribution in [2.45, 2.75) is 44.7 Å². The topological polar surface area (TPSA) is 64.7 Å². The van der Waals surface area contributed by atoms with E-state index < -0.39 is 5.92 Å². The summed E-state index contributed by atoms with van der Waals surface area (Å²) in [5.41, 5.74) is 1.75. The van der Waals surface area contributed by atoms with Crippen LogP contribution in [0.25, 0.3) is 0 Å². The minimum Gasteiger partial charge on any atom is -0.369 e. The van der Waals surface area contributed by atoms with Gasteiger partial charge in [0, 0.05) is 43.5 Å². The number of piperazine rings is 1. The molecule has 168 valence electrons. The molecule has 1 aromatic carbocycles. The van der Waals surface area contributed by atoms with E-state index in [1.807, 2.05) is 25.1 Å². The molecule has 2 aliphatic carbocycles. The normalized spacial score (nSPS) is 25.2. The number of hydrogen-bond acceptors (Lipinski definition) is 4. The summed E-state index contributed by atoms with van der Waals surface area (Å²) in [6, 6.07) is 4.75. The number of carbonyl (C=O) groups excluding carboxylic acids is 2. The van der Waals surface area contributed by atoms with Crippen LogP contribution < -0.4 is 15.5 Å². The SMILES string of the molecule is C[C@H](NC(=O)[C@@H]1CC=CC[C@H]1C(=O)NC1CC1)c1cc(F)ccc1N1CCN(C)CC1. The average molecular weight is 429 g/mol. The van der Waals surface area contributed by atoms with Crippen LogP contribution in [0.3, 0.4) is 0 Å². The Balaban J connectivity index is 1.47. The van der Waals surface area contributed by atoms with Gasteiger partial charge in [0.25, 0.3) is 0 Å². The number of allylic oxidation sites excluding steroid dienone is 2. The van der Waals surface area contributed by atoms with Gasteiger partial charge in [-0.05, 0) is 57.9 Å². The Morgan fingerprint density at radius 2 is 1.68 bits per heavy atom. The number of halogens is 1. The van der Waals surface area contributed by atoms with Gasteiger partial charge in [-0.25, -0.2) is 4.39 Å². The zero-order valence-corrected chi connectivity index (χ0v) is 18.4. The molecule has 7 heteroatoms. The van der Waals surface area contributed by atoms with Crippen LogP contribution in [-0.4, -0.2) is 56.0 Å². The number of benzene rings is 1. The third-order valence-corrected chi connectivity index (χ3v) is 6.69. The highest BCUT2D eigenvalue weighted by Crippen LogP contribution is 2.31. The molecule has 0 radical (unpaired) electrons. The third kappa shape index (κ3) is 5.26. The van der Waals surface area contributed by atoms with E-state index in [4.69, 9.17) is 0 Å².